The van der Waals surface area contributed by atoms with E-state index in [-0.39, 0.29) is 12.5 Å². The van der Waals surface area contributed by atoms with E-state index >= 15 is 0 Å². The molecule has 2 rings (SSSR count). The number of nitrogens with zero attached hydrogens (tertiary/aromatic N) is 3. The van der Waals surface area contributed by atoms with E-state index in [0.717, 1.165) is 5.56 Å². The number of aryl methyl sites for hydroxylation is 1. The van der Waals surface area contributed by atoms with Crippen molar-refractivity contribution in [1.29, 1.82) is 0 Å². The maximum atomic E-state index is 11.4. The quantitative estimate of drug-likeness (QED) is 0.844. The molecule has 0 atom stereocenters. The molecule has 0 aliphatic rings. The molecule has 88 valence electrons. The third-order valence-electron chi connectivity index (χ3n) is 2.06. The molecular weight excluding hydrogens is 220 g/mol. The van der Waals surface area contributed by atoms with Crippen molar-refractivity contribution in [2.24, 2.45) is 0 Å². The Bertz CT molecular complexity index is 479. The molecule has 0 aliphatic heterocycles. The van der Waals surface area contributed by atoms with Crippen molar-refractivity contribution in [2.45, 2.75) is 6.92 Å². The van der Waals surface area contributed by atoms with Crippen LogP contribution < -0.4 is 10.2 Å². The maximum Gasteiger partial charge on any atom is 0.276 e. The van der Waals surface area contributed by atoms with Crippen molar-refractivity contribution in [3.05, 3.63) is 42.5 Å². The summed E-state index contributed by atoms with van der Waals surface area (Å²) in [4.78, 5) is 11.4. The molecule has 2 aromatic rings. The van der Waals surface area contributed by atoms with Crippen LogP contribution in [0.4, 0.5) is 0 Å². The highest BCUT2D eigenvalue weighted by Gasteiger charge is 2.02. The van der Waals surface area contributed by atoms with Crippen LogP contribution in [0.2, 0.25) is 0 Å². The minimum absolute atomic E-state index is 0.0543. The van der Waals surface area contributed by atoms with Crippen LogP contribution in [0.1, 0.15) is 5.56 Å². The Balaban J connectivity index is 1.82. The Morgan fingerprint density at radius 1 is 1.29 bits per heavy atom. The second-order valence-corrected chi connectivity index (χ2v) is 3.51. The Morgan fingerprint density at radius 2 is 1.94 bits per heavy atom. The number of benzene rings is 1. The lowest BCUT2D eigenvalue weighted by Crippen LogP contribution is -2.26. The standard InChI is InChI=1S/C11H12N4O2/c1-9-2-4-10(5-3-9)17-6-11(16)14-15-7-12-13-8-15/h2-5,7-8H,6H2,1H3,(H,14,16). The van der Waals surface area contributed by atoms with Gasteiger partial charge in [-0.25, -0.2) is 4.68 Å². The summed E-state index contributed by atoms with van der Waals surface area (Å²) in [6.45, 7) is 1.93. The van der Waals surface area contributed by atoms with Gasteiger partial charge in [0.1, 0.15) is 18.4 Å². The molecule has 0 radical (unpaired) electrons. The minimum Gasteiger partial charge on any atom is -0.484 e. The molecule has 0 bridgehead atoms. The molecule has 0 aliphatic carbocycles. The normalized spacial score (nSPS) is 9.94. The van der Waals surface area contributed by atoms with Gasteiger partial charge in [0.2, 0.25) is 0 Å². The fraction of sp³-hybridized carbons (Fsp3) is 0.182. The monoisotopic (exact) mass is 232 g/mol. The van der Waals surface area contributed by atoms with Crippen molar-refractivity contribution < 1.29 is 9.53 Å². The van der Waals surface area contributed by atoms with Crippen LogP contribution >= 0.6 is 0 Å². The Hall–Kier alpha value is -2.37. The molecule has 1 amide bonds. The van der Waals surface area contributed by atoms with E-state index in [2.05, 4.69) is 15.6 Å². The van der Waals surface area contributed by atoms with E-state index in [1.165, 1.54) is 17.3 Å². The second kappa shape index (κ2) is 5.11. The third kappa shape index (κ3) is 3.30. The first-order valence-corrected chi connectivity index (χ1v) is 5.08. The molecule has 0 unspecified atom stereocenters. The van der Waals surface area contributed by atoms with Gasteiger partial charge in [-0.15, -0.1) is 10.2 Å². The van der Waals surface area contributed by atoms with Crippen molar-refractivity contribution in [2.75, 3.05) is 12.0 Å². The first kappa shape index (κ1) is 11.1. The average molecular weight is 232 g/mol. The van der Waals surface area contributed by atoms with Gasteiger partial charge in [-0.3, -0.25) is 10.2 Å². The number of aromatic nitrogens is 3. The number of carbonyl (C=O) groups excluding carboxylic acids is 1. The van der Waals surface area contributed by atoms with Crippen LogP contribution in [0.3, 0.4) is 0 Å². The highest BCUT2D eigenvalue weighted by molar-refractivity contribution is 5.84. The first-order chi connectivity index (χ1) is 8.24. The molecule has 1 heterocycles. The van der Waals surface area contributed by atoms with E-state index < -0.39 is 0 Å². The summed E-state index contributed by atoms with van der Waals surface area (Å²) in [5, 5.41) is 7.12. The maximum absolute atomic E-state index is 11.4. The zero-order chi connectivity index (χ0) is 12.1. The second-order valence-electron chi connectivity index (χ2n) is 3.51. The molecular formula is C11H12N4O2. The molecule has 17 heavy (non-hydrogen) atoms. The Kier molecular flexibility index (Phi) is 3.34. The largest absolute Gasteiger partial charge is 0.484 e. The fourth-order valence-electron chi connectivity index (χ4n) is 1.22. The van der Waals surface area contributed by atoms with Crippen LogP contribution in [-0.2, 0) is 4.79 Å². The topological polar surface area (TPSA) is 69.0 Å². The summed E-state index contributed by atoms with van der Waals surface area (Å²) in [5.41, 5.74) is 3.68. The van der Waals surface area contributed by atoms with Gasteiger partial charge in [-0.05, 0) is 19.1 Å². The Morgan fingerprint density at radius 3 is 2.59 bits per heavy atom. The molecule has 1 N–H and O–H groups in total. The summed E-state index contributed by atoms with van der Waals surface area (Å²) in [5.74, 6) is 0.389. The third-order valence-corrected chi connectivity index (χ3v) is 2.06. The zero-order valence-electron chi connectivity index (χ0n) is 9.33. The lowest BCUT2D eigenvalue weighted by molar-refractivity contribution is -0.119. The van der Waals surface area contributed by atoms with E-state index in [1.54, 1.807) is 0 Å². The number of ether oxygens (including phenoxy) is 1. The summed E-state index contributed by atoms with van der Waals surface area (Å²) in [6.07, 6.45) is 2.79. The average Bonchev–Trinajstić information content (AvgIpc) is 2.81. The molecule has 0 saturated heterocycles. The predicted molar refractivity (Wildman–Crippen MR) is 61.1 cm³/mol. The first-order valence-electron chi connectivity index (χ1n) is 5.08. The van der Waals surface area contributed by atoms with E-state index in [0.29, 0.717) is 5.75 Å². The molecule has 0 spiro atoms. The van der Waals surface area contributed by atoms with Crippen molar-refractivity contribution in [3.63, 3.8) is 0 Å². The lowest BCUT2D eigenvalue weighted by Gasteiger charge is -2.07. The molecule has 1 aromatic carbocycles. The minimum atomic E-state index is -0.273. The van der Waals surface area contributed by atoms with Gasteiger partial charge in [0.05, 0.1) is 0 Å². The van der Waals surface area contributed by atoms with Crippen LogP contribution in [0.15, 0.2) is 36.9 Å². The summed E-state index contributed by atoms with van der Waals surface area (Å²) >= 11 is 0. The van der Waals surface area contributed by atoms with Gasteiger partial charge in [0.25, 0.3) is 5.91 Å². The van der Waals surface area contributed by atoms with Crippen LogP contribution in [0, 0.1) is 6.92 Å². The smallest absolute Gasteiger partial charge is 0.276 e. The van der Waals surface area contributed by atoms with Crippen molar-refractivity contribution >= 4 is 5.91 Å². The summed E-state index contributed by atoms with van der Waals surface area (Å²) in [6, 6.07) is 7.49. The molecule has 1 aromatic heterocycles. The highest BCUT2D eigenvalue weighted by Crippen LogP contribution is 2.10. The number of carbonyl (C=O) groups is 1. The number of nitrogens with one attached hydrogen (secondary N) is 1. The van der Waals surface area contributed by atoms with Crippen LogP contribution in [0.5, 0.6) is 5.75 Å². The van der Waals surface area contributed by atoms with Crippen molar-refractivity contribution in [3.8, 4) is 5.75 Å². The number of amides is 1. The SMILES string of the molecule is Cc1ccc(OCC(=O)Nn2cnnc2)cc1. The van der Waals surface area contributed by atoms with E-state index in [1.807, 2.05) is 31.2 Å². The van der Waals surface area contributed by atoms with Gasteiger partial charge < -0.3 is 4.74 Å². The van der Waals surface area contributed by atoms with Gasteiger partial charge in [-0.2, -0.15) is 0 Å². The molecule has 0 fully saturated rings. The number of hydrogen-bond donors (Lipinski definition) is 1. The van der Waals surface area contributed by atoms with E-state index in [4.69, 9.17) is 4.74 Å². The highest BCUT2D eigenvalue weighted by atomic mass is 16.5. The summed E-state index contributed by atoms with van der Waals surface area (Å²) in [7, 11) is 0. The lowest BCUT2D eigenvalue weighted by atomic mass is 10.2. The van der Waals surface area contributed by atoms with Gasteiger partial charge in [-0.1, -0.05) is 17.7 Å². The Labute approximate surface area is 98.2 Å². The van der Waals surface area contributed by atoms with Crippen LogP contribution in [-0.4, -0.2) is 27.4 Å². The fourth-order valence-corrected chi connectivity index (χ4v) is 1.22. The van der Waals surface area contributed by atoms with Gasteiger partial charge >= 0.3 is 0 Å². The zero-order valence-corrected chi connectivity index (χ0v) is 9.33. The number of rotatable bonds is 4. The number of hydrogen-bond acceptors (Lipinski definition) is 4. The predicted octanol–water partition coefficient (Wildman–Crippen LogP) is 0.736. The van der Waals surface area contributed by atoms with Gasteiger partial charge in [0, 0.05) is 0 Å². The molecule has 6 heteroatoms. The van der Waals surface area contributed by atoms with Crippen molar-refractivity contribution in [1.82, 2.24) is 14.9 Å². The molecule has 6 nitrogen and oxygen atoms in total. The molecule has 0 saturated carbocycles. The van der Waals surface area contributed by atoms with Gasteiger partial charge in [0.15, 0.2) is 6.61 Å². The van der Waals surface area contributed by atoms with E-state index in [9.17, 15) is 4.79 Å². The van der Waals surface area contributed by atoms with Crippen LogP contribution in [0.25, 0.3) is 0 Å². The summed E-state index contributed by atoms with van der Waals surface area (Å²) < 4.78 is 6.67.